The van der Waals surface area contributed by atoms with Crippen molar-refractivity contribution in [1.82, 2.24) is 9.55 Å². The number of hydrogen-bond acceptors (Lipinski definition) is 4. The Morgan fingerprint density at radius 3 is 2.65 bits per heavy atom. The van der Waals surface area contributed by atoms with Crippen molar-refractivity contribution in [2.75, 3.05) is 7.11 Å². The van der Waals surface area contributed by atoms with Gasteiger partial charge in [-0.15, -0.1) is 0 Å². The van der Waals surface area contributed by atoms with Gasteiger partial charge in [0.25, 0.3) is 0 Å². The highest BCUT2D eigenvalue weighted by atomic mass is 32.2. The lowest BCUT2D eigenvalue weighted by molar-refractivity contribution is 0.414. The van der Waals surface area contributed by atoms with Crippen molar-refractivity contribution in [2.24, 2.45) is 0 Å². The molecular weight excluding hydrogens is 312 g/mol. The minimum atomic E-state index is -3.50. The molecule has 0 N–H and O–H groups in total. The number of hydrogen-bond donors (Lipinski definition) is 0. The fourth-order valence-electron chi connectivity index (χ4n) is 2.49. The highest BCUT2D eigenvalue weighted by Crippen LogP contribution is 2.22. The number of aromatic nitrogens is 2. The zero-order chi connectivity index (χ0) is 17.0. The zero-order valence-corrected chi connectivity index (χ0v) is 15.0. The summed E-state index contributed by atoms with van der Waals surface area (Å²) in [5.41, 5.74) is 2.39. The van der Waals surface area contributed by atoms with E-state index in [-0.39, 0.29) is 10.9 Å². The monoisotopic (exact) mass is 336 g/mol. The normalized spacial score (nSPS) is 11.7. The Bertz CT molecular complexity index is 779. The molecular formula is C17H24N2O3S. The summed E-state index contributed by atoms with van der Waals surface area (Å²) in [4.78, 5) is 4.32. The molecule has 126 valence electrons. The van der Waals surface area contributed by atoms with E-state index in [2.05, 4.69) is 11.9 Å². The Hall–Kier alpha value is -1.82. The van der Waals surface area contributed by atoms with E-state index < -0.39 is 9.84 Å². The molecule has 0 atom stereocenters. The van der Waals surface area contributed by atoms with Crippen LogP contribution in [0.2, 0.25) is 0 Å². The number of unbranched alkanes of at least 4 members (excludes halogenated alkanes) is 1. The maximum atomic E-state index is 12.8. The molecule has 6 heteroatoms. The van der Waals surface area contributed by atoms with Crippen LogP contribution in [0, 0.1) is 13.8 Å². The second-order valence-corrected chi connectivity index (χ2v) is 7.56. The molecule has 0 spiro atoms. The van der Waals surface area contributed by atoms with Crippen molar-refractivity contribution in [1.29, 1.82) is 0 Å². The van der Waals surface area contributed by atoms with Crippen molar-refractivity contribution in [3.63, 3.8) is 0 Å². The van der Waals surface area contributed by atoms with Crippen molar-refractivity contribution in [2.45, 2.75) is 51.1 Å². The number of ether oxygens (including phenoxy) is 1. The quantitative estimate of drug-likeness (QED) is 0.778. The largest absolute Gasteiger partial charge is 0.497 e. The number of sulfone groups is 1. The van der Waals surface area contributed by atoms with Crippen LogP contribution >= 0.6 is 0 Å². The van der Waals surface area contributed by atoms with Gasteiger partial charge < -0.3 is 9.30 Å². The summed E-state index contributed by atoms with van der Waals surface area (Å²) in [5, 5.41) is 0.170. The van der Waals surface area contributed by atoms with E-state index in [0.717, 1.165) is 24.2 Å². The molecule has 0 aliphatic carbocycles. The molecule has 0 amide bonds. The Labute approximate surface area is 138 Å². The molecule has 0 unspecified atom stereocenters. The van der Waals surface area contributed by atoms with Gasteiger partial charge in [-0.3, -0.25) is 0 Å². The molecule has 0 saturated carbocycles. The molecule has 23 heavy (non-hydrogen) atoms. The van der Waals surface area contributed by atoms with Crippen molar-refractivity contribution < 1.29 is 13.2 Å². The number of imidazole rings is 1. The van der Waals surface area contributed by atoms with Crippen LogP contribution in [0.3, 0.4) is 0 Å². The topological polar surface area (TPSA) is 61.2 Å². The first kappa shape index (κ1) is 17.5. The zero-order valence-electron chi connectivity index (χ0n) is 14.2. The summed E-state index contributed by atoms with van der Waals surface area (Å²) < 4.78 is 32.6. The predicted molar refractivity (Wildman–Crippen MR) is 90.5 cm³/mol. The molecule has 0 saturated heterocycles. The third-order valence-corrected chi connectivity index (χ3v) is 5.51. The maximum absolute atomic E-state index is 12.8. The first-order valence-corrected chi connectivity index (χ1v) is 9.43. The number of benzene rings is 1. The standard InChI is InChI=1S/C17H24N2O3S/c1-5-6-10-19-14(3)13(2)18-17(19)23(20,21)12-15-8-7-9-16(11-15)22-4/h7-9,11H,5-6,10,12H2,1-4H3. The predicted octanol–water partition coefficient (Wildman–Crippen LogP) is 3.28. The van der Waals surface area contributed by atoms with Crippen LogP contribution in [-0.4, -0.2) is 25.1 Å². The van der Waals surface area contributed by atoms with Crippen LogP contribution in [-0.2, 0) is 22.1 Å². The summed E-state index contributed by atoms with van der Waals surface area (Å²) in [6.07, 6.45) is 1.93. The molecule has 2 aromatic rings. The van der Waals surface area contributed by atoms with Crippen LogP contribution in [0.25, 0.3) is 0 Å². The Morgan fingerprint density at radius 2 is 2.00 bits per heavy atom. The van der Waals surface area contributed by atoms with E-state index in [9.17, 15) is 8.42 Å². The van der Waals surface area contributed by atoms with Gasteiger partial charge in [-0.25, -0.2) is 13.4 Å². The highest BCUT2D eigenvalue weighted by molar-refractivity contribution is 7.90. The Morgan fingerprint density at radius 1 is 1.26 bits per heavy atom. The SMILES string of the molecule is CCCCn1c(S(=O)(=O)Cc2cccc(OC)c2)nc(C)c1C. The van der Waals surface area contributed by atoms with Gasteiger partial charge in [0.2, 0.25) is 15.0 Å². The van der Waals surface area contributed by atoms with E-state index >= 15 is 0 Å². The van der Waals surface area contributed by atoms with E-state index in [1.165, 1.54) is 0 Å². The summed E-state index contributed by atoms with van der Waals surface area (Å²) in [6, 6.07) is 7.13. The van der Waals surface area contributed by atoms with E-state index in [4.69, 9.17) is 4.74 Å². The van der Waals surface area contributed by atoms with Crippen LogP contribution in [0.15, 0.2) is 29.4 Å². The Kier molecular flexibility index (Phi) is 5.46. The molecule has 1 heterocycles. The molecule has 1 aromatic carbocycles. The lowest BCUT2D eigenvalue weighted by atomic mass is 10.2. The van der Waals surface area contributed by atoms with Crippen molar-refractivity contribution in [3.8, 4) is 5.75 Å². The molecule has 1 aromatic heterocycles. The maximum Gasteiger partial charge on any atom is 0.228 e. The highest BCUT2D eigenvalue weighted by Gasteiger charge is 2.24. The third-order valence-electron chi connectivity index (χ3n) is 3.93. The van der Waals surface area contributed by atoms with Crippen molar-refractivity contribution in [3.05, 3.63) is 41.2 Å². The molecule has 5 nitrogen and oxygen atoms in total. The van der Waals surface area contributed by atoms with E-state index in [1.807, 2.05) is 18.4 Å². The summed E-state index contributed by atoms with van der Waals surface area (Å²) in [5.74, 6) is 0.575. The first-order chi connectivity index (χ1) is 10.9. The molecule has 0 aliphatic rings. The van der Waals surface area contributed by atoms with Crippen LogP contribution in [0.5, 0.6) is 5.75 Å². The van der Waals surface area contributed by atoms with Gasteiger partial charge >= 0.3 is 0 Å². The lowest BCUT2D eigenvalue weighted by Gasteiger charge is -2.10. The van der Waals surface area contributed by atoms with E-state index in [1.54, 1.807) is 31.4 Å². The fraction of sp³-hybridized carbons (Fsp3) is 0.471. The number of aryl methyl sites for hydroxylation is 1. The Balaban J connectivity index is 2.37. The van der Waals surface area contributed by atoms with Crippen LogP contribution < -0.4 is 4.74 Å². The van der Waals surface area contributed by atoms with Gasteiger partial charge in [0.1, 0.15) is 5.75 Å². The minimum Gasteiger partial charge on any atom is -0.497 e. The fourth-order valence-corrected chi connectivity index (χ4v) is 4.07. The van der Waals surface area contributed by atoms with Gasteiger partial charge in [0, 0.05) is 12.2 Å². The number of methoxy groups -OCH3 is 1. The average Bonchev–Trinajstić information content (AvgIpc) is 2.81. The number of rotatable bonds is 7. The second-order valence-electron chi connectivity index (χ2n) is 5.68. The van der Waals surface area contributed by atoms with Gasteiger partial charge in [-0.05, 0) is 38.0 Å². The lowest BCUT2D eigenvalue weighted by Crippen LogP contribution is -2.14. The van der Waals surface area contributed by atoms with Gasteiger partial charge in [0.15, 0.2) is 0 Å². The van der Waals surface area contributed by atoms with E-state index in [0.29, 0.717) is 17.9 Å². The van der Waals surface area contributed by atoms with Gasteiger partial charge in [0.05, 0.1) is 18.6 Å². The minimum absolute atomic E-state index is 0.0772. The smallest absolute Gasteiger partial charge is 0.228 e. The first-order valence-electron chi connectivity index (χ1n) is 7.78. The molecule has 0 aliphatic heterocycles. The molecule has 0 radical (unpaired) electrons. The second kappa shape index (κ2) is 7.17. The summed E-state index contributed by atoms with van der Waals surface area (Å²) in [7, 11) is -1.94. The van der Waals surface area contributed by atoms with Crippen molar-refractivity contribution >= 4 is 9.84 Å². The van der Waals surface area contributed by atoms with Crippen LogP contribution in [0.4, 0.5) is 0 Å². The molecule has 0 fully saturated rings. The number of nitrogens with zero attached hydrogens (tertiary/aromatic N) is 2. The molecule has 0 bridgehead atoms. The van der Waals surface area contributed by atoms with Gasteiger partial charge in [-0.1, -0.05) is 25.5 Å². The summed E-state index contributed by atoms with van der Waals surface area (Å²) >= 11 is 0. The van der Waals surface area contributed by atoms with Crippen LogP contribution in [0.1, 0.15) is 36.7 Å². The van der Waals surface area contributed by atoms with Gasteiger partial charge in [-0.2, -0.15) is 0 Å². The third kappa shape index (κ3) is 3.93. The average molecular weight is 336 g/mol. The summed E-state index contributed by atoms with van der Waals surface area (Å²) in [6.45, 7) is 6.53. The molecule has 2 rings (SSSR count).